The fourth-order valence-corrected chi connectivity index (χ4v) is 1.84. The second-order valence-electron chi connectivity index (χ2n) is 4.70. The van der Waals surface area contributed by atoms with Crippen molar-refractivity contribution in [3.05, 3.63) is 59.7 Å². The summed E-state index contributed by atoms with van der Waals surface area (Å²) in [4.78, 5) is 22.9. The molecule has 0 radical (unpaired) electrons. The van der Waals surface area contributed by atoms with Crippen LogP contribution in [0.1, 0.15) is 20.7 Å². The average Bonchev–Trinajstić information content (AvgIpc) is 2.56. The molecule has 0 aliphatic rings. The lowest BCUT2D eigenvalue weighted by atomic mass is 10.2. The van der Waals surface area contributed by atoms with Crippen molar-refractivity contribution in [2.75, 3.05) is 25.6 Å². The molecule has 0 aliphatic carbocycles. The van der Waals surface area contributed by atoms with Crippen molar-refractivity contribution in [2.45, 2.75) is 0 Å². The van der Waals surface area contributed by atoms with E-state index >= 15 is 0 Å². The molecule has 23 heavy (non-hydrogen) atoms. The van der Waals surface area contributed by atoms with Gasteiger partial charge in [-0.3, -0.25) is 4.79 Å². The van der Waals surface area contributed by atoms with Crippen LogP contribution < -0.4 is 10.1 Å². The molecule has 0 fully saturated rings. The summed E-state index contributed by atoms with van der Waals surface area (Å²) >= 11 is 0. The maximum atomic E-state index is 12.1. The fraction of sp³-hybridized carbons (Fsp3) is 0.176. The van der Waals surface area contributed by atoms with Gasteiger partial charge in [-0.05, 0) is 48.5 Å². The summed E-state index contributed by atoms with van der Waals surface area (Å²) in [6, 6.07) is 12.7. The molecule has 0 saturated heterocycles. The zero-order valence-electron chi connectivity index (χ0n) is 12.6. The molecular formula is C17H17NO5. The Kier molecular flexibility index (Phi) is 5.71. The Morgan fingerprint density at radius 3 is 2.13 bits per heavy atom. The standard InChI is InChI=1S/C17H17NO5/c1-22-10-11-23-15-8-4-12(5-9-15)16(19)18-14-6-2-13(3-7-14)17(20)21/h2-9H,10-11H2,1H3,(H,18,19)(H,20,21). The summed E-state index contributed by atoms with van der Waals surface area (Å²) in [5.74, 6) is -0.632. The summed E-state index contributed by atoms with van der Waals surface area (Å²) in [5, 5.41) is 11.5. The first-order valence-electron chi connectivity index (χ1n) is 6.96. The molecule has 0 saturated carbocycles. The molecule has 0 atom stereocenters. The molecule has 0 aromatic heterocycles. The molecule has 1 amide bonds. The van der Waals surface area contributed by atoms with Crippen LogP contribution in [0.2, 0.25) is 0 Å². The highest BCUT2D eigenvalue weighted by Crippen LogP contribution is 2.15. The van der Waals surface area contributed by atoms with Crippen LogP contribution in [-0.2, 0) is 4.74 Å². The van der Waals surface area contributed by atoms with E-state index in [0.717, 1.165) is 0 Å². The molecule has 0 bridgehead atoms. The van der Waals surface area contributed by atoms with Crippen molar-refractivity contribution in [3.63, 3.8) is 0 Å². The molecule has 0 spiro atoms. The number of hydrogen-bond acceptors (Lipinski definition) is 4. The van der Waals surface area contributed by atoms with E-state index in [1.165, 1.54) is 12.1 Å². The molecular weight excluding hydrogens is 298 g/mol. The first kappa shape index (κ1) is 16.5. The van der Waals surface area contributed by atoms with Gasteiger partial charge in [0.25, 0.3) is 5.91 Å². The van der Waals surface area contributed by atoms with Gasteiger partial charge in [0.05, 0.1) is 12.2 Å². The molecule has 6 nitrogen and oxygen atoms in total. The van der Waals surface area contributed by atoms with Crippen molar-refractivity contribution in [1.29, 1.82) is 0 Å². The molecule has 0 unspecified atom stereocenters. The second-order valence-corrected chi connectivity index (χ2v) is 4.70. The number of aromatic carboxylic acids is 1. The lowest BCUT2D eigenvalue weighted by molar-refractivity contribution is 0.0696. The SMILES string of the molecule is COCCOc1ccc(C(=O)Nc2ccc(C(=O)O)cc2)cc1. The lowest BCUT2D eigenvalue weighted by Gasteiger charge is -2.08. The Hall–Kier alpha value is -2.86. The van der Waals surface area contributed by atoms with Crippen molar-refractivity contribution in [2.24, 2.45) is 0 Å². The van der Waals surface area contributed by atoms with Crippen LogP contribution in [0.3, 0.4) is 0 Å². The number of nitrogens with one attached hydrogen (secondary N) is 1. The second kappa shape index (κ2) is 7.95. The van der Waals surface area contributed by atoms with Crippen LogP contribution in [0, 0.1) is 0 Å². The molecule has 2 rings (SSSR count). The lowest BCUT2D eigenvalue weighted by Crippen LogP contribution is -2.12. The van der Waals surface area contributed by atoms with E-state index in [-0.39, 0.29) is 11.5 Å². The van der Waals surface area contributed by atoms with Crippen LogP contribution in [0.15, 0.2) is 48.5 Å². The number of carboxylic acids is 1. The van der Waals surface area contributed by atoms with Gasteiger partial charge in [-0.15, -0.1) is 0 Å². The van der Waals surface area contributed by atoms with Crippen molar-refractivity contribution < 1.29 is 24.2 Å². The highest BCUT2D eigenvalue weighted by atomic mass is 16.5. The minimum absolute atomic E-state index is 0.167. The van der Waals surface area contributed by atoms with E-state index in [1.807, 2.05) is 0 Å². The molecule has 120 valence electrons. The third-order valence-corrected chi connectivity index (χ3v) is 3.06. The predicted octanol–water partition coefficient (Wildman–Crippen LogP) is 2.66. The molecule has 0 aliphatic heterocycles. The number of benzene rings is 2. The highest BCUT2D eigenvalue weighted by Gasteiger charge is 2.07. The van der Waals surface area contributed by atoms with Crippen LogP contribution in [0.4, 0.5) is 5.69 Å². The zero-order chi connectivity index (χ0) is 16.7. The molecule has 2 aromatic carbocycles. The van der Waals surface area contributed by atoms with E-state index in [1.54, 1.807) is 43.5 Å². The quantitative estimate of drug-likeness (QED) is 0.767. The van der Waals surface area contributed by atoms with E-state index in [9.17, 15) is 9.59 Å². The van der Waals surface area contributed by atoms with Crippen LogP contribution in [0.5, 0.6) is 5.75 Å². The summed E-state index contributed by atoms with van der Waals surface area (Å²) in [5.41, 5.74) is 1.17. The van der Waals surface area contributed by atoms with Gasteiger partial charge in [0, 0.05) is 18.4 Å². The Morgan fingerprint density at radius 2 is 1.57 bits per heavy atom. The first-order valence-corrected chi connectivity index (χ1v) is 6.96. The van der Waals surface area contributed by atoms with Crippen LogP contribution in [0.25, 0.3) is 0 Å². The number of rotatable bonds is 7. The summed E-state index contributed by atoms with van der Waals surface area (Å²) in [6.45, 7) is 0.937. The van der Waals surface area contributed by atoms with Gasteiger partial charge < -0.3 is 19.9 Å². The Bertz CT molecular complexity index is 664. The maximum Gasteiger partial charge on any atom is 0.335 e. The first-order chi connectivity index (χ1) is 11.1. The number of carboxylic acid groups (broad SMARTS) is 1. The van der Waals surface area contributed by atoms with Crippen LogP contribution >= 0.6 is 0 Å². The van der Waals surface area contributed by atoms with Crippen LogP contribution in [-0.4, -0.2) is 37.3 Å². The molecule has 0 heterocycles. The summed E-state index contributed by atoms with van der Waals surface area (Å²) in [6.07, 6.45) is 0. The maximum absolute atomic E-state index is 12.1. The van der Waals surface area contributed by atoms with E-state index in [0.29, 0.717) is 30.2 Å². The van der Waals surface area contributed by atoms with Gasteiger partial charge in [0.2, 0.25) is 0 Å². The van der Waals surface area contributed by atoms with Crippen molar-refractivity contribution >= 4 is 17.6 Å². The number of hydrogen-bond donors (Lipinski definition) is 2. The fourth-order valence-electron chi connectivity index (χ4n) is 1.84. The van der Waals surface area contributed by atoms with Gasteiger partial charge in [0.15, 0.2) is 0 Å². The van der Waals surface area contributed by atoms with Gasteiger partial charge in [-0.2, -0.15) is 0 Å². The summed E-state index contributed by atoms with van der Waals surface area (Å²) < 4.78 is 10.3. The number of anilines is 1. The monoisotopic (exact) mass is 315 g/mol. The van der Waals surface area contributed by atoms with Crippen molar-refractivity contribution in [3.8, 4) is 5.75 Å². The number of carbonyl (C=O) groups excluding carboxylic acids is 1. The van der Waals surface area contributed by atoms with Gasteiger partial charge in [0.1, 0.15) is 12.4 Å². The number of methoxy groups -OCH3 is 1. The van der Waals surface area contributed by atoms with Gasteiger partial charge in [-0.25, -0.2) is 4.79 Å². The predicted molar refractivity (Wildman–Crippen MR) is 85.2 cm³/mol. The highest BCUT2D eigenvalue weighted by molar-refractivity contribution is 6.04. The third kappa shape index (κ3) is 4.82. The van der Waals surface area contributed by atoms with Crippen molar-refractivity contribution in [1.82, 2.24) is 0 Å². The third-order valence-electron chi connectivity index (χ3n) is 3.06. The van der Waals surface area contributed by atoms with E-state index < -0.39 is 5.97 Å². The normalized spacial score (nSPS) is 10.1. The van der Waals surface area contributed by atoms with E-state index in [4.69, 9.17) is 14.6 Å². The molecule has 6 heteroatoms. The summed E-state index contributed by atoms with van der Waals surface area (Å²) in [7, 11) is 1.60. The topological polar surface area (TPSA) is 84.9 Å². The zero-order valence-corrected chi connectivity index (χ0v) is 12.6. The van der Waals surface area contributed by atoms with Gasteiger partial charge >= 0.3 is 5.97 Å². The Labute approximate surface area is 133 Å². The van der Waals surface area contributed by atoms with E-state index in [2.05, 4.69) is 5.32 Å². The Morgan fingerprint density at radius 1 is 0.957 bits per heavy atom. The minimum Gasteiger partial charge on any atom is -0.491 e. The minimum atomic E-state index is -1.01. The average molecular weight is 315 g/mol. The smallest absolute Gasteiger partial charge is 0.335 e. The molecule has 2 N–H and O–H groups in total. The van der Waals surface area contributed by atoms with Gasteiger partial charge in [-0.1, -0.05) is 0 Å². The number of carbonyl (C=O) groups is 2. The molecule has 2 aromatic rings. The Balaban J connectivity index is 1.96. The number of ether oxygens (including phenoxy) is 2. The largest absolute Gasteiger partial charge is 0.491 e. The number of amides is 1.